The average Bonchev–Trinajstić information content (AvgIpc) is 3.41. The van der Waals surface area contributed by atoms with Gasteiger partial charge in [0, 0.05) is 34.0 Å². The summed E-state index contributed by atoms with van der Waals surface area (Å²) in [4.78, 5) is 28.0. The number of hydrogen-bond acceptors (Lipinski definition) is 7. The molecule has 0 spiro atoms. The molecule has 11 heteroatoms. The summed E-state index contributed by atoms with van der Waals surface area (Å²) in [5, 5.41) is 12.2. The van der Waals surface area contributed by atoms with Crippen molar-refractivity contribution in [2.24, 2.45) is 0 Å². The van der Waals surface area contributed by atoms with Crippen LogP contribution in [0.25, 0.3) is 10.6 Å². The van der Waals surface area contributed by atoms with E-state index < -0.39 is 0 Å². The molecule has 0 bridgehead atoms. The summed E-state index contributed by atoms with van der Waals surface area (Å²) in [7, 11) is 3.17. The highest BCUT2D eigenvalue weighted by Crippen LogP contribution is 2.29. The van der Waals surface area contributed by atoms with Crippen molar-refractivity contribution in [3.63, 3.8) is 0 Å². The van der Waals surface area contributed by atoms with Gasteiger partial charge >= 0.3 is 0 Å². The maximum atomic E-state index is 13.5. The van der Waals surface area contributed by atoms with E-state index in [0.717, 1.165) is 15.6 Å². The smallest absolute Gasteiger partial charge is 0.255 e. The highest BCUT2D eigenvalue weighted by Gasteiger charge is 2.20. The highest BCUT2D eigenvalue weighted by atomic mass is 79.9. The Bertz CT molecular complexity index is 1450. The molecule has 1 heterocycles. The second-order valence-corrected chi connectivity index (χ2v) is 11.2. The number of ether oxygens (including phenoxy) is 2. The first-order valence-electron chi connectivity index (χ1n) is 12.0. The molecule has 8 nitrogen and oxygen atoms in total. The first-order valence-corrected chi connectivity index (χ1v) is 14.4. The van der Waals surface area contributed by atoms with Crippen molar-refractivity contribution < 1.29 is 19.1 Å². The lowest BCUT2D eigenvalue weighted by Gasteiger charge is -2.23. The first-order chi connectivity index (χ1) is 18.9. The summed E-state index contributed by atoms with van der Waals surface area (Å²) in [5.41, 5.74) is 2.43. The van der Waals surface area contributed by atoms with Crippen LogP contribution in [0.15, 0.2) is 75.7 Å². The van der Waals surface area contributed by atoms with Crippen molar-refractivity contribution in [1.29, 1.82) is 0 Å². The Morgan fingerprint density at radius 1 is 0.923 bits per heavy atom. The molecule has 0 aliphatic rings. The molecule has 0 unspecified atom stereocenters. The molecule has 0 atom stereocenters. The van der Waals surface area contributed by atoms with Crippen molar-refractivity contribution >= 4 is 60.1 Å². The minimum absolute atomic E-state index is 0.106. The predicted octanol–water partition coefficient (Wildman–Crippen LogP) is 6.46. The number of nitrogens with one attached hydrogen (secondary N) is 1. The van der Waals surface area contributed by atoms with Crippen LogP contribution in [0.3, 0.4) is 0 Å². The zero-order valence-electron chi connectivity index (χ0n) is 21.3. The summed E-state index contributed by atoms with van der Waals surface area (Å²) in [6.45, 7) is 0.646. The highest BCUT2D eigenvalue weighted by molar-refractivity contribution is 9.10. The number of halogens is 2. The van der Waals surface area contributed by atoms with E-state index in [9.17, 15) is 9.59 Å². The summed E-state index contributed by atoms with van der Waals surface area (Å²) in [6.07, 6.45) is 0.681. The molecule has 0 saturated heterocycles. The molecule has 202 valence electrons. The fraction of sp³-hybridized carbons (Fsp3) is 0.214. The van der Waals surface area contributed by atoms with Crippen LogP contribution in [-0.2, 0) is 11.2 Å². The molecule has 0 fully saturated rings. The van der Waals surface area contributed by atoms with Gasteiger partial charge in [0.1, 0.15) is 5.01 Å². The third-order valence-electron chi connectivity index (χ3n) is 5.88. The minimum atomic E-state index is -0.246. The molecule has 2 amide bonds. The SMILES string of the molecule is COc1ccc(CCN(CCC(=O)Nc2nnc(-c3ccc(Br)cc3)s2)C(=O)c2ccccc2Br)cc1OC. The zero-order chi connectivity index (χ0) is 27.8. The molecule has 4 rings (SSSR count). The van der Waals surface area contributed by atoms with Gasteiger partial charge in [0.2, 0.25) is 11.0 Å². The van der Waals surface area contributed by atoms with Gasteiger partial charge in [-0.15, -0.1) is 10.2 Å². The fourth-order valence-electron chi connectivity index (χ4n) is 3.82. The number of carbonyl (C=O) groups is 2. The number of amides is 2. The van der Waals surface area contributed by atoms with E-state index in [1.54, 1.807) is 25.2 Å². The van der Waals surface area contributed by atoms with E-state index in [-0.39, 0.29) is 24.8 Å². The fourth-order valence-corrected chi connectivity index (χ4v) is 5.31. The van der Waals surface area contributed by atoms with Crippen LogP contribution in [0.4, 0.5) is 5.13 Å². The Morgan fingerprint density at radius 3 is 2.38 bits per heavy atom. The Kier molecular flexibility index (Phi) is 10.1. The van der Waals surface area contributed by atoms with Crippen LogP contribution in [0, 0.1) is 0 Å². The number of methoxy groups -OCH3 is 2. The summed E-state index contributed by atoms with van der Waals surface area (Å²) >= 11 is 8.19. The quantitative estimate of drug-likeness (QED) is 0.196. The van der Waals surface area contributed by atoms with E-state index in [1.165, 1.54) is 11.3 Å². The van der Waals surface area contributed by atoms with Gasteiger partial charge in [-0.2, -0.15) is 0 Å². The van der Waals surface area contributed by atoms with E-state index in [2.05, 4.69) is 47.4 Å². The number of nitrogens with zero attached hydrogens (tertiary/aromatic N) is 3. The van der Waals surface area contributed by atoms with Gasteiger partial charge in [0.15, 0.2) is 11.5 Å². The molecule has 3 aromatic carbocycles. The number of carbonyl (C=O) groups excluding carboxylic acids is 2. The molecule has 0 saturated carbocycles. The third-order valence-corrected chi connectivity index (χ3v) is 7.99. The molecule has 4 aromatic rings. The molecular weight excluding hydrogens is 648 g/mol. The van der Waals surface area contributed by atoms with Crippen LogP contribution in [-0.4, -0.2) is 54.2 Å². The van der Waals surface area contributed by atoms with E-state index in [4.69, 9.17) is 9.47 Å². The molecule has 1 N–H and O–H groups in total. The third kappa shape index (κ3) is 7.65. The van der Waals surface area contributed by atoms with Crippen LogP contribution in [0.1, 0.15) is 22.3 Å². The monoisotopic (exact) mass is 672 g/mol. The molecule has 39 heavy (non-hydrogen) atoms. The molecule has 1 aromatic heterocycles. The van der Waals surface area contributed by atoms with Crippen LogP contribution >= 0.6 is 43.2 Å². The van der Waals surface area contributed by atoms with Crippen LogP contribution < -0.4 is 14.8 Å². The lowest BCUT2D eigenvalue weighted by Crippen LogP contribution is -2.35. The molecular formula is C28H26Br2N4O4S. The Labute approximate surface area is 247 Å². The van der Waals surface area contributed by atoms with Crippen molar-refractivity contribution in [3.05, 3.63) is 86.8 Å². The summed E-state index contributed by atoms with van der Waals surface area (Å²) in [6, 6.07) is 20.6. The normalized spacial score (nSPS) is 10.7. The Balaban J connectivity index is 1.43. The number of rotatable bonds is 11. The maximum absolute atomic E-state index is 13.5. The number of anilines is 1. The maximum Gasteiger partial charge on any atom is 0.255 e. The topological polar surface area (TPSA) is 93.6 Å². The van der Waals surface area contributed by atoms with Gasteiger partial charge in [-0.3, -0.25) is 9.59 Å². The van der Waals surface area contributed by atoms with Crippen molar-refractivity contribution in [3.8, 4) is 22.1 Å². The minimum Gasteiger partial charge on any atom is -0.493 e. The Hall–Kier alpha value is -3.28. The van der Waals surface area contributed by atoms with Crippen molar-refractivity contribution in [1.82, 2.24) is 15.1 Å². The zero-order valence-corrected chi connectivity index (χ0v) is 25.3. The lowest BCUT2D eigenvalue weighted by atomic mass is 10.1. The predicted molar refractivity (Wildman–Crippen MR) is 160 cm³/mol. The van der Waals surface area contributed by atoms with E-state index in [0.29, 0.717) is 44.6 Å². The summed E-state index contributed by atoms with van der Waals surface area (Å²) < 4.78 is 12.4. The van der Waals surface area contributed by atoms with E-state index >= 15 is 0 Å². The van der Waals surface area contributed by atoms with Crippen molar-refractivity contribution in [2.45, 2.75) is 12.8 Å². The van der Waals surface area contributed by atoms with Gasteiger partial charge in [-0.05, 0) is 64.3 Å². The van der Waals surface area contributed by atoms with Gasteiger partial charge in [-0.25, -0.2) is 0 Å². The first kappa shape index (κ1) is 28.7. The van der Waals surface area contributed by atoms with Gasteiger partial charge in [0.25, 0.3) is 5.91 Å². The number of benzene rings is 3. The number of aromatic nitrogens is 2. The number of hydrogen-bond donors (Lipinski definition) is 1. The second-order valence-electron chi connectivity index (χ2n) is 8.43. The summed E-state index contributed by atoms with van der Waals surface area (Å²) in [5.74, 6) is 0.852. The van der Waals surface area contributed by atoms with Gasteiger partial charge in [0.05, 0.1) is 19.8 Å². The van der Waals surface area contributed by atoms with E-state index in [1.807, 2.05) is 60.7 Å². The standard InChI is InChI=1S/C28H26Br2N4O4S/c1-37-23-12-7-18(17-24(23)38-2)13-15-34(27(36)21-5-3-4-6-22(21)30)16-14-25(35)31-28-33-32-26(39-28)19-8-10-20(29)11-9-19/h3-12,17H,13-16H2,1-2H3,(H,31,33,35). The lowest BCUT2D eigenvalue weighted by molar-refractivity contribution is -0.116. The van der Waals surface area contributed by atoms with Gasteiger partial charge < -0.3 is 19.7 Å². The largest absolute Gasteiger partial charge is 0.493 e. The van der Waals surface area contributed by atoms with Crippen LogP contribution in [0.2, 0.25) is 0 Å². The van der Waals surface area contributed by atoms with Crippen LogP contribution in [0.5, 0.6) is 11.5 Å². The Morgan fingerprint density at radius 2 is 1.67 bits per heavy atom. The van der Waals surface area contributed by atoms with Crippen molar-refractivity contribution in [2.75, 3.05) is 32.6 Å². The van der Waals surface area contributed by atoms with Gasteiger partial charge in [-0.1, -0.05) is 57.6 Å². The average molecular weight is 674 g/mol. The molecule has 0 aliphatic carbocycles. The molecule has 0 radical (unpaired) electrons. The molecule has 0 aliphatic heterocycles. The second kappa shape index (κ2) is 13.7.